The number of sulfone groups is 1. The minimum Gasteiger partial charge on any atom is -0.330 e. The molecule has 0 aromatic heterocycles. The van der Waals surface area contributed by atoms with E-state index < -0.39 is 36.6 Å². The summed E-state index contributed by atoms with van der Waals surface area (Å²) in [6.07, 6.45) is 1.30. The number of rotatable bonds is 6. The molecule has 1 aromatic rings. The highest BCUT2D eigenvalue weighted by molar-refractivity contribution is 7.91. The monoisotopic (exact) mass is 324 g/mol. The first kappa shape index (κ1) is 17.0. The van der Waals surface area contributed by atoms with Gasteiger partial charge in [-0.25, -0.2) is 25.9 Å². The molecule has 6 nitrogen and oxygen atoms in total. The second-order valence-corrected chi connectivity index (χ2v) is 8.16. The fourth-order valence-corrected chi connectivity index (χ4v) is 3.66. The first-order valence-corrected chi connectivity index (χ1v) is 9.17. The van der Waals surface area contributed by atoms with Gasteiger partial charge in [0.15, 0.2) is 9.84 Å². The maximum atomic E-state index is 13.7. The van der Waals surface area contributed by atoms with Crippen molar-refractivity contribution in [1.82, 2.24) is 4.72 Å². The maximum absolute atomic E-state index is 13.7. The zero-order chi connectivity index (χ0) is 15.6. The zero-order valence-electron chi connectivity index (χ0n) is 11.1. The summed E-state index contributed by atoms with van der Waals surface area (Å²) in [5.41, 5.74) is 5.31. The molecule has 0 aliphatic rings. The predicted octanol–water partition coefficient (Wildman–Crippen LogP) is 0.245. The van der Waals surface area contributed by atoms with Gasteiger partial charge < -0.3 is 5.73 Å². The molecular formula is C11H17FN2O4S2. The van der Waals surface area contributed by atoms with Gasteiger partial charge in [0, 0.05) is 12.3 Å². The lowest BCUT2D eigenvalue weighted by Gasteiger charge is -2.14. The summed E-state index contributed by atoms with van der Waals surface area (Å²) in [6.45, 7) is 1.86. The number of nitrogens with one attached hydrogen (secondary N) is 1. The third-order valence-corrected chi connectivity index (χ3v) is 5.29. The van der Waals surface area contributed by atoms with Crippen molar-refractivity contribution in [3.05, 3.63) is 24.0 Å². The van der Waals surface area contributed by atoms with Gasteiger partial charge in [-0.1, -0.05) is 0 Å². The predicted molar refractivity (Wildman–Crippen MR) is 73.0 cm³/mol. The fraction of sp³-hybridized carbons (Fsp3) is 0.455. The van der Waals surface area contributed by atoms with Gasteiger partial charge in [0.1, 0.15) is 10.7 Å². The van der Waals surface area contributed by atoms with Gasteiger partial charge in [-0.15, -0.1) is 0 Å². The Morgan fingerprint density at radius 3 is 2.40 bits per heavy atom. The number of sulfonamides is 1. The molecule has 0 amide bonds. The number of benzene rings is 1. The van der Waals surface area contributed by atoms with Crippen LogP contribution in [0.5, 0.6) is 0 Å². The van der Waals surface area contributed by atoms with Crippen LogP contribution < -0.4 is 10.5 Å². The third-order valence-electron chi connectivity index (χ3n) is 2.58. The van der Waals surface area contributed by atoms with Crippen molar-refractivity contribution in [2.75, 3.05) is 12.8 Å². The number of halogens is 1. The number of hydrogen-bond donors (Lipinski definition) is 2. The smallest absolute Gasteiger partial charge is 0.243 e. The zero-order valence-corrected chi connectivity index (χ0v) is 12.8. The SMILES string of the molecule is CC(CCN)NS(=O)(=O)c1cc(S(C)(=O)=O)ccc1F. The molecule has 0 saturated carbocycles. The van der Waals surface area contributed by atoms with Crippen molar-refractivity contribution in [3.63, 3.8) is 0 Å². The van der Waals surface area contributed by atoms with E-state index in [-0.39, 0.29) is 11.4 Å². The van der Waals surface area contributed by atoms with Gasteiger partial charge in [-0.2, -0.15) is 0 Å². The molecule has 20 heavy (non-hydrogen) atoms. The minimum absolute atomic E-state index is 0.259. The molecule has 1 unspecified atom stereocenters. The lowest BCUT2D eigenvalue weighted by molar-refractivity contribution is 0.534. The Kier molecular flexibility index (Phi) is 5.25. The van der Waals surface area contributed by atoms with Crippen LogP contribution in [0.15, 0.2) is 28.0 Å². The third kappa shape index (κ3) is 4.23. The van der Waals surface area contributed by atoms with Crippen molar-refractivity contribution < 1.29 is 21.2 Å². The number of hydrogen-bond acceptors (Lipinski definition) is 5. The lowest BCUT2D eigenvalue weighted by atomic mass is 10.3. The Labute approximate surface area is 118 Å². The van der Waals surface area contributed by atoms with Crippen LogP contribution in [0, 0.1) is 5.82 Å². The van der Waals surface area contributed by atoms with Crippen molar-refractivity contribution in [2.45, 2.75) is 29.2 Å². The molecule has 1 atom stereocenters. The van der Waals surface area contributed by atoms with Crippen LogP contribution >= 0.6 is 0 Å². The molecule has 0 radical (unpaired) electrons. The molecule has 9 heteroatoms. The summed E-state index contributed by atoms with van der Waals surface area (Å²) in [4.78, 5) is -0.949. The van der Waals surface area contributed by atoms with E-state index in [0.29, 0.717) is 6.42 Å². The Hall–Kier alpha value is -1.03. The van der Waals surface area contributed by atoms with E-state index >= 15 is 0 Å². The van der Waals surface area contributed by atoms with E-state index in [9.17, 15) is 21.2 Å². The summed E-state index contributed by atoms with van der Waals surface area (Å²) in [6, 6.07) is 2.17. The van der Waals surface area contributed by atoms with Crippen LogP contribution in [-0.4, -0.2) is 35.7 Å². The van der Waals surface area contributed by atoms with E-state index in [4.69, 9.17) is 5.73 Å². The van der Waals surface area contributed by atoms with E-state index in [0.717, 1.165) is 24.5 Å². The normalized spacial score (nSPS) is 14.2. The summed E-state index contributed by atoms with van der Waals surface area (Å²) < 4.78 is 62.8. The van der Waals surface area contributed by atoms with Crippen LogP contribution in [0.1, 0.15) is 13.3 Å². The highest BCUT2D eigenvalue weighted by atomic mass is 32.2. The molecule has 1 aromatic carbocycles. The molecule has 3 N–H and O–H groups in total. The van der Waals surface area contributed by atoms with Crippen LogP contribution in [0.3, 0.4) is 0 Å². The van der Waals surface area contributed by atoms with E-state index in [1.165, 1.54) is 0 Å². The maximum Gasteiger partial charge on any atom is 0.243 e. The summed E-state index contributed by atoms with van der Waals surface area (Å²) in [5, 5.41) is 0. The molecular weight excluding hydrogens is 307 g/mol. The molecule has 0 heterocycles. The Morgan fingerprint density at radius 1 is 1.30 bits per heavy atom. The Bertz CT molecular complexity index is 686. The first-order chi connectivity index (χ1) is 9.08. The average molecular weight is 324 g/mol. The van der Waals surface area contributed by atoms with Gasteiger partial charge in [0.05, 0.1) is 4.90 Å². The van der Waals surface area contributed by atoms with Crippen LogP contribution in [-0.2, 0) is 19.9 Å². The topological polar surface area (TPSA) is 106 Å². The second kappa shape index (κ2) is 6.17. The Balaban J connectivity index is 3.24. The van der Waals surface area contributed by atoms with Gasteiger partial charge in [-0.05, 0) is 38.1 Å². The summed E-state index contributed by atoms with van der Waals surface area (Å²) in [5.74, 6) is -1.01. The second-order valence-electron chi connectivity index (χ2n) is 4.46. The average Bonchev–Trinajstić information content (AvgIpc) is 2.26. The molecule has 0 aliphatic carbocycles. The van der Waals surface area contributed by atoms with Gasteiger partial charge >= 0.3 is 0 Å². The minimum atomic E-state index is -4.14. The van der Waals surface area contributed by atoms with Crippen LogP contribution in [0.25, 0.3) is 0 Å². The molecule has 0 spiro atoms. The number of nitrogens with two attached hydrogens (primary N) is 1. The highest BCUT2D eigenvalue weighted by Crippen LogP contribution is 2.19. The molecule has 0 bridgehead atoms. The van der Waals surface area contributed by atoms with E-state index in [2.05, 4.69) is 4.72 Å². The lowest BCUT2D eigenvalue weighted by Crippen LogP contribution is -2.34. The highest BCUT2D eigenvalue weighted by Gasteiger charge is 2.23. The van der Waals surface area contributed by atoms with Crippen LogP contribution in [0.4, 0.5) is 4.39 Å². The van der Waals surface area contributed by atoms with Gasteiger partial charge in [-0.3, -0.25) is 0 Å². The van der Waals surface area contributed by atoms with E-state index in [1.54, 1.807) is 6.92 Å². The summed E-state index contributed by atoms with van der Waals surface area (Å²) >= 11 is 0. The molecule has 0 aliphatic heterocycles. The van der Waals surface area contributed by atoms with Crippen molar-refractivity contribution in [2.24, 2.45) is 5.73 Å². The van der Waals surface area contributed by atoms with Crippen molar-refractivity contribution in [1.29, 1.82) is 0 Å². The van der Waals surface area contributed by atoms with E-state index in [1.807, 2.05) is 0 Å². The van der Waals surface area contributed by atoms with Crippen LogP contribution in [0.2, 0.25) is 0 Å². The van der Waals surface area contributed by atoms with Gasteiger partial charge in [0.2, 0.25) is 10.0 Å². The standard InChI is InChI=1S/C11H17FN2O4S2/c1-8(5-6-13)14-20(17,18)11-7-9(19(2,15)16)3-4-10(11)12/h3-4,7-8,14H,5-6,13H2,1-2H3. The molecule has 1 rings (SSSR count). The molecule has 0 fully saturated rings. The largest absolute Gasteiger partial charge is 0.330 e. The molecule has 0 saturated heterocycles. The van der Waals surface area contributed by atoms with Crippen molar-refractivity contribution >= 4 is 19.9 Å². The van der Waals surface area contributed by atoms with Gasteiger partial charge in [0.25, 0.3) is 0 Å². The molecule has 114 valence electrons. The van der Waals surface area contributed by atoms with Crippen molar-refractivity contribution in [3.8, 4) is 0 Å². The first-order valence-electron chi connectivity index (χ1n) is 5.80. The summed E-state index contributed by atoms with van der Waals surface area (Å²) in [7, 11) is -7.76. The fourth-order valence-electron chi connectivity index (χ4n) is 1.56. The quantitative estimate of drug-likeness (QED) is 0.729. The Morgan fingerprint density at radius 2 is 1.90 bits per heavy atom.